The van der Waals surface area contributed by atoms with E-state index in [9.17, 15) is 5.11 Å². The van der Waals surface area contributed by atoms with Crippen LogP contribution >= 0.6 is 0 Å². The van der Waals surface area contributed by atoms with E-state index in [1.807, 2.05) is 0 Å². The van der Waals surface area contributed by atoms with Crippen LogP contribution in [0.5, 0.6) is 0 Å². The number of unbranched alkanes of at least 4 members (excludes halogenated alkanes) is 1. The van der Waals surface area contributed by atoms with Crippen molar-refractivity contribution in [3.63, 3.8) is 0 Å². The lowest BCUT2D eigenvalue weighted by atomic mass is 9.86. The topological polar surface area (TPSA) is 46.2 Å². The van der Waals surface area contributed by atoms with Crippen molar-refractivity contribution in [3.05, 3.63) is 0 Å². The Morgan fingerprint density at radius 3 is 2.31 bits per heavy atom. The second-order valence-corrected chi connectivity index (χ2v) is 4.56. The Kier molecular flexibility index (Phi) is 3.36. The van der Waals surface area contributed by atoms with Gasteiger partial charge in [-0.2, -0.15) is 0 Å². The van der Waals surface area contributed by atoms with E-state index in [4.69, 9.17) is 5.73 Å². The number of hydrogen-bond donors (Lipinski definition) is 2. The van der Waals surface area contributed by atoms with Crippen LogP contribution in [-0.2, 0) is 0 Å². The molecule has 0 amide bonds. The summed E-state index contributed by atoms with van der Waals surface area (Å²) in [5.74, 6) is 0. The Balaban J connectivity index is 2.55. The number of aliphatic hydroxyl groups is 1. The summed E-state index contributed by atoms with van der Waals surface area (Å²) in [4.78, 5) is 0. The summed E-state index contributed by atoms with van der Waals surface area (Å²) in [6, 6.07) is 0. The summed E-state index contributed by atoms with van der Waals surface area (Å²) in [7, 11) is 0. The Morgan fingerprint density at radius 1 is 1.31 bits per heavy atom. The van der Waals surface area contributed by atoms with E-state index in [1.165, 1.54) is 25.7 Å². The minimum Gasteiger partial charge on any atom is -0.396 e. The fourth-order valence-electron chi connectivity index (χ4n) is 2.73. The Morgan fingerprint density at radius 2 is 2.00 bits per heavy atom. The highest BCUT2D eigenvalue weighted by Gasteiger charge is 2.63. The quantitative estimate of drug-likeness (QED) is 0.664. The third kappa shape index (κ3) is 1.62. The number of rotatable bonds is 6. The van der Waals surface area contributed by atoms with Crippen LogP contribution in [0.3, 0.4) is 0 Å². The van der Waals surface area contributed by atoms with E-state index in [0.717, 1.165) is 6.42 Å². The maximum Gasteiger partial charge on any atom is 0.0505 e. The molecule has 78 valence electrons. The standard InChI is InChI=1S/C11H23NO/c1-3-5-6-10(4-2)7-11(10,8-12)9-13/h13H,3-9,12H2,1-2H3. The van der Waals surface area contributed by atoms with Gasteiger partial charge in [0.2, 0.25) is 0 Å². The third-order valence-electron chi connectivity index (χ3n) is 4.06. The maximum absolute atomic E-state index is 9.34. The van der Waals surface area contributed by atoms with Crippen molar-refractivity contribution in [2.75, 3.05) is 13.2 Å². The van der Waals surface area contributed by atoms with E-state index in [-0.39, 0.29) is 12.0 Å². The van der Waals surface area contributed by atoms with Crippen LogP contribution in [0.2, 0.25) is 0 Å². The smallest absolute Gasteiger partial charge is 0.0505 e. The van der Waals surface area contributed by atoms with E-state index in [2.05, 4.69) is 13.8 Å². The summed E-state index contributed by atoms with van der Waals surface area (Å²) in [6.07, 6.45) is 6.08. The zero-order chi connectivity index (χ0) is 9.95. The molecule has 1 fully saturated rings. The zero-order valence-electron chi connectivity index (χ0n) is 8.97. The second kappa shape index (κ2) is 3.97. The monoisotopic (exact) mass is 185 g/mol. The fraction of sp³-hybridized carbons (Fsp3) is 1.00. The molecule has 0 spiro atoms. The van der Waals surface area contributed by atoms with E-state index < -0.39 is 0 Å². The van der Waals surface area contributed by atoms with Gasteiger partial charge in [-0.05, 0) is 24.7 Å². The van der Waals surface area contributed by atoms with Crippen LogP contribution in [0.4, 0.5) is 0 Å². The molecule has 0 radical (unpaired) electrons. The van der Waals surface area contributed by atoms with Crippen molar-refractivity contribution in [3.8, 4) is 0 Å². The molecular formula is C11H23NO. The molecule has 0 aromatic carbocycles. The normalized spacial score (nSPS) is 37.8. The summed E-state index contributed by atoms with van der Waals surface area (Å²) in [6.45, 7) is 5.37. The van der Waals surface area contributed by atoms with Gasteiger partial charge >= 0.3 is 0 Å². The van der Waals surface area contributed by atoms with Crippen molar-refractivity contribution in [2.45, 2.75) is 46.0 Å². The minimum absolute atomic E-state index is 0.0803. The molecule has 1 rings (SSSR count). The number of nitrogens with two attached hydrogens (primary N) is 1. The van der Waals surface area contributed by atoms with Gasteiger partial charge in [0.25, 0.3) is 0 Å². The Labute approximate surface area is 81.5 Å². The molecule has 0 aromatic heterocycles. The lowest BCUT2D eigenvalue weighted by Gasteiger charge is -2.21. The molecule has 0 heterocycles. The van der Waals surface area contributed by atoms with E-state index >= 15 is 0 Å². The molecule has 2 atom stereocenters. The van der Waals surface area contributed by atoms with Gasteiger partial charge in [-0.15, -0.1) is 0 Å². The van der Waals surface area contributed by atoms with E-state index in [1.54, 1.807) is 0 Å². The highest BCUT2D eigenvalue weighted by atomic mass is 16.3. The Hall–Kier alpha value is -0.0800. The molecule has 2 heteroatoms. The van der Waals surface area contributed by atoms with Crippen molar-refractivity contribution in [2.24, 2.45) is 16.6 Å². The average molecular weight is 185 g/mol. The first-order valence-electron chi connectivity index (χ1n) is 5.51. The van der Waals surface area contributed by atoms with Gasteiger partial charge in [0, 0.05) is 12.0 Å². The van der Waals surface area contributed by atoms with Gasteiger partial charge in [-0.3, -0.25) is 0 Å². The highest BCUT2D eigenvalue weighted by Crippen LogP contribution is 2.67. The van der Waals surface area contributed by atoms with Crippen LogP contribution in [0.1, 0.15) is 46.0 Å². The van der Waals surface area contributed by atoms with Crippen LogP contribution in [0.15, 0.2) is 0 Å². The third-order valence-corrected chi connectivity index (χ3v) is 4.06. The minimum atomic E-state index is 0.0803. The summed E-state index contributed by atoms with van der Waals surface area (Å²) in [5.41, 5.74) is 6.20. The summed E-state index contributed by atoms with van der Waals surface area (Å²) in [5, 5.41) is 9.34. The molecule has 1 aliphatic rings. The lowest BCUT2D eigenvalue weighted by molar-refractivity contribution is 0.166. The summed E-state index contributed by atoms with van der Waals surface area (Å²) < 4.78 is 0. The van der Waals surface area contributed by atoms with Crippen molar-refractivity contribution in [1.82, 2.24) is 0 Å². The first kappa shape index (κ1) is 11.0. The maximum atomic E-state index is 9.34. The molecule has 2 nitrogen and oxygen atoms in total. The van der Waals surface area contributed by atoms with Gasteiger partial charge in [0.15, 0.2) is 0 Å². The van der Waals surface area contributed by atoms with Crippen molar-refractivity contribution < 1.29 is 5.11 Å². The molecule has 3 N–H and O–H groups in total. The first-order valence-corrected chi connectivity index (χ1v) is 5.51. The first-order chi connectivity index (χ1) is 6.20. The fourth-order valence-corrected chi connectivity index (χ4v) is 2.73. The van der Waals surface area contributed by atoms with E-state index in [0.29, 0.717) is 12.0 Å². The van der Waals surface area contributed by atoms with Gasteiger partial charge in [0.05, 0.1) is 6.61 Å². The Bertz CT molecular complexity index is 165. The predicted octanol–water partition coefficient (Wildman–Crippen LogP) is 1.91. The second-order valence-electron chi connectivity index (χ2n) is 4.56. The lowest BCUT2D eigenvalue weighted by Crippen LogP contribution is -2.27. The van der Waals surface area contributed by atoms with Crippen LogP contribution < -0.4 is 5.73 Å². The zero-order valence-corrected chi connectivity index (χ0v) is 8.97. The molecule has 0 aliphatic heterocycles. The highest BCUT2D eigenvalue weighted by molar-refractivity contribution is 5.13. The number of hydrogen-bond acceptors (Lipinski definition) is 2. The van der Waals surface area contributed by atoms with Gasteiger partial charge < -0.3 is 10.8 Å². The molecule has 0 bridgehead atoms. The molecule has 13 heavy (non-hydrogen) atoms. The molecule has 0 aromatic rings. The molecular weight excluding hydrogens is 162 g/mol. The van der Waals surface area contributed by atoms with Crippen LogP contribution in [0.25, 0.3) is 0 Å². The van der Waals surface area contributed by atoms with Gasteiger partial charge in [-0.1, -0.05) is 26.7 Å². The van der Waals surface area contributed by atoms with Gasteiger partial charge in [-0.25, -0.2) is 0 Å². The average Bonchev–Trinajstić information content (AvgIpc) is 2.85. The SMILES string of the molecule is CCCCC1(CC)CC1(CN)CO. The molecule has 1 aliphatic carbocycles. The van der Waals surface area contributed by atoms with Crippen LogP contribution in [-0.4, -0.2) is 18.3 Å². The predicted molar refractivity (Wildman–Crippen MR) is 55.4 cm³/mol. The largest absolute Gasteiger partial charge is 0.396 e. The molecule has 0 saturated heterocycles. The van der Waals surface area contributed by atoms with Crippen LogP contribution in [0, 0.1) is 10.8 Å². The van der Waals surface area contributed by atoms with Crippen molar-refractivity contribution >= 4 is 0 Å². The van der Waals surface area contributed by atoms with Gasteiger partial charge in [0.1, 0.15) is 0 Å². The molecule has 1 saturated carbocycles. The summed E-state index contributed by atoms with van der Waals surface area (Å²) >= 11 is 0. The molecule has 2 unspecified atom stereocenters. The van der Waals surface area contributed by atoms with Crippen molar-refractivity contribution in [1.29, 1.82) is 0 Å². The number of aliphatic hydroxyl groups excluding tert-OH is 1.